The molecule has 4 rings (SSSR count). The van der Waals surface area contributed by atoms with Crippen molar-refractivity contribution in [3.8, 4) is 5.75 Å². The van der Waals surface area contributed by atoms with Gasteiger partial charge in [-0.15, -0.1) is 0 Å². The molecule has 1 aliphatic carbocycles. The van der Waals surface area contributed by atoms with Gasteiger partial charge in [-0.1, -0.05) is 12.1 Å². The average molecular weight is 367 g/mol. The Labute approximate surface area is 158 Å². The van der Waals surface area contributed by atoms with E-state index in [-0.39, 0.29) is 5.56 Å². The van der Waals surface area contributed by atoms with Gasteiger partial charge in [0.25, 0.3) is 5.56 Å². The van der Waals surface area contributed by atoms with Crippen LogP contribution in [0.5, 0.6) is 5.75 Å². The van der Waals surface area contributed by atoms with Gasteiger partial charge in [-0.05, 0) is 49.3 Å². The molecule has 142 valence electrons. The third-order valence-corrected chi connectivity index (χ3v) is 5.49. The lowest BCUT2D eigenvalue weighted by Gasteiger charge is -2.27. The number of benzene rings is 1. The number of hydrogen-bond acceptors (Lipinski definition) is 4. The van der Waals surface area contributed by atoms with E-state index >= 15 is 0 Å². The molecule has 27 heavy (non-hydrogen) atoms. The summed E-state index contributed by atoms with van der Waals surface area (Å²) in [5.74, 6) is 2.64. The minimum atomic E-state index is -0.0682. The molecule has 0 unspecified atom stereocenters. The van der Waals surface area contributed by atoms with Crippen LogP contribution in [-0.4, -0.2) is 21.4 Å². The van der Waals surface area contributed by atoms with Crippen LogP contribution < -0.4 is 10.3 Å². The maximum Gasteiger partial charge on any atom is 0.282 e. The third kappa shape index (κ3) is 4.15. The number of methoxy groups -OCH3 is 1. The molecular formula is C21H25N3O3. The van der Waals surface area contributed by atoms with Gasteiger partial charge in [0.15, 0.2) is 0 Å². The normalized spacial score (nSPS) is 19.9. The van der Waals surface area contributed by atoms with Crippen LogP contribution in [0.15, 0.2) is 58.4 Å². The van der Waals surface area contributed by atoms with Crippen LogP contribution in [0.1, 0.15) is 42.9 Å². The highest BCUT2D eigenvalue weighted by atomic mass is 16.5. The lowest BCUT2D eigenvalue weighted by Crippen LogP contribution is -2.17. The van der Waals surface area contributed by atoms with Gasteiger partial charge in [0.2, 0.25) is 0 Å². The molecule has 2 heterocycles. The molecule has 0 radical (unpaired) electrons. The summed E-state index contributed by atoms with van der Waals surface area (Å²) in [7, 11) is 1.64. The van der Waals surface area contributed by atoms with Crippen molar-refractivity contribution in [1.29, 1.82) is 0 Å². The van der Waals surface area contributed by atoms with Crippen molar-refractivity contribution in [2.45, 2.75) is 44.7 Å². The smallest absolute Gasteiger partial charge is 0.282 e. The van der Waals surface area contributed by atoms with Crippen molar-refractivity contribution in [3.63, 3.8) is 0 Å². The van der Waals surface area contributed by atoms with Gasteiger partial charge in [-0.2, -0.15) is 4.74 Å². The molecule has 6 heteroatoms. The highest BCUT2D eigenvalue weighted by molar-refractivity contribution is 5.27. The Kier molecular flexibility index (Phi) is 5.14. The first-order chi connectivity index (χ1) is 13.2. The Morgan fingerprint density at radius 2 is 1.96 bits per heavy atom. The standard InChI is InChI=1S/C21H25N3O3/c1-26-19-8-4-17(5-9-19)14-24-21(25)12-20(27-24)18-6-2-16(3-7-18)13-23-11-10-22-15-23/h4-5,8-12,15-16,18H,2-3,6-7,13-14H2,1H3. The van der Waals surface area contributed by atoms with E-state index in [2.05, 4.69) is 9.55 Å². The lowest BCUT2D eigenvalue weighted by atomic mass is 9.81. The summed E-state index contributed by atoms with van der Waals surface area (Å²) >= 11 is 0. The fourth-order valence-corrected chi connectivity index (χ4v) is 3.91. The van der Waals surface area contributed by atoms with E-state index in [4.69, 9.17) is 9.26 Å². The maximum absolute atomic E-state index is 12.3. The maximum atomic E-state index is 12.3. The minimum Gasteiger partial charge on any atom is -0.497 e. The molecule has 0 spiro atoms. The first-order valence-electron chi connectivity index (χ1n) is 9.51. The second kappa shape index (κ2) is 7.86. The molecule has 0 aliphatic heterocycles. The van der Waals surface area contributed by atoms with Crippen LogP contribution in [0.4, 0.5) is 0 Å². The largest absolute Gasteiger partial charge is 0.497 e. The van der Waals surface area contributed by atoms with Gasteiger partial charge in [-0.25, -0.2) is 4.98 Å². The number of imidazole rings is 1. The third-order valence-electron chi connectivity index (χ3n) is 5.49. The summed E-state index contributed by atoms with van der Waals surface area (Å²) in [6, 6.07) is 9.37. The first kappa shape index (κ1) is 17.6. The molecule has 0 atom stereocenters. The van der Waals surface area contributed by atoms with Crippen LogP contribution >= 0.6 is 0 Å². The molecule has 1 aromatic carbocycles. The van der Waals surface area contributed by atoms with Crippen LogP contribution in [0, 0.1) is 5.92 Å². The van der Waals surface area contributed by atoms with Crippen LogP contribution in [0.25, 0.3) is 0 Å². The zero-order valence-corrected chi connectivity index (χ0v) is 15.6. The van der Waals surface area contributed by atoms with Crippen molar-refractivity contribution in [2.24, 2.45) is 5.92 Å². The molecular weight excluding hydrogens is 342 g/mol. The van der Waals surface area contributed by atoms with E-state index in [1.807, 2.05) is 43.0 Å². The molecule has 1 fully saturated rings. The Morgan fingerprint density at radius 1 is 1.19 bits per heavy atom. The predicted molar refractivity (Wildman–Crippen MR) is 102 cm³/mol. The number of ether oxygens (including phenoxy) is 1. The quantitative estimate of drug-likeness (QED) is 0.667. The molecule has 0 saturated heterocycles. The number of hydrogen-bond donors (Lipinski definition) is 0. The summed E-state index contributed by atoms with van der Waals surface area (Å²) in [6.07, 6.45) is 10.1. The van der Waals surface area contributed by atoms with E-state index in [1.165, 1.54) is 4.74 Å². The van der Waals surface area contributed by atoms with Crippen molar-refractivity contribution in [3.05, 3.63) is 70.7 Å². The fraction of sp³-hybridized carbons (Fsp3) is 0.429. The zero-order valence-electron chi connectivity index (χ0n) is 15.6. The SMILES string of the molecule is COc1ccc(Cn2oc(C3CCC(Cn4ccnc4)CC3)cc2=O)cc1. The van der Waals surface area contributed by atoms with Gasteiger partial charge in [0.05, 0.1) is 20.0 Å². The Balaban J connectivity index is 1.37. The number of nitrogens with zero attached hydrogens (tertiary/aromatic N) is 3. The van der Waals surface area contributed by atoms with Crippen LogP contribution in [0.3, 0.4) is 0 Å². The van der Waals surface area contributed by atoms with Gasteiger partial charge >= 0.3 is 0 Å². The Morgan fingerprint density at radius 3 is 2.63 bits per heavy atom. The fourth-order valence-electron chi connectivity index (χ4n) is 3.91. The lowest BCUT2D eigenvalue weighted by molar-refractivity contribution is 0.215. The molecule has 6 nitrogen and oxygen atoms in total. The second-order valence-electron chi connectivity index (χ2n) is 7.34. The summed E-state index contributed by atoms with van der Waals surface area (Å²) in [5, 5.41) is 0. The highest BCUT2D eigenvalue weighted by Gasteiger charge is 2.25. The summed E-state index contributed by atoms with van der Waals surface area (Å²) in [5.41, 5.74) is 0.948. The van der Waals surface area contributed by atoms with Gasteiger partial charge in [0.1, 0.15) is 11.5 Å². The molecule has 3 aromatic rings. The monoisotopic (exact) mass is 367 g/mol. The van der Waals surface area contributed by atoms with E-state index in [0.717, 1.165) is 49.3 Å². The number of aromatic nitrogens is 3. The molecule has 0 amide bonds. The molecule has 1 aliphatic rings. The average Bonchev–Trinajstić information content (AvgIpc) is 3.33. The van der Waals surface area contributed by atoms with Crippen molar-refractivity contribution in [1.82, 2.24) is 14.3 Å². The van der Waals surface area contributed by atoms with E-state index in [1.54, 1.807) is 13.2 Å². The van der Waals surface area contributed by atoms with Crippen molar-refractivity contribution in [2.75, 3.05) is 7.11 Å². The zero-order chi connectivity index (χ0) is 18.6. The van der Waals surface area contributed by atoms with E-state index in [0.29, 0.717) is 18.4 Å². The Hall–Kier alpha value is -2.76. The van der Waals surface area contributed by atoms with Crippen molar-refractivity contribution < 1.29 is 9.26 Å². The molecule has 1 saturated carbocycles. The van der Waals surface area contributed by atoms with Crippen LogP contribution in [-0.2, 0) is 13.1 Å². The highest BCUT2D eigenvalue weighted by Crippen LogP contribution is 2.36. The van der Waals surface area contributed by atoms with E-state index in [9.17, 15) is 4.79 Å². The van der Waals surface area contributed by atoms with Crippen LogP contribution in [0.2, 0.25) is 0 Å². The van der Waals surface area contributed by atoms with E-state index < -0.39 is 0 Å². The summed E-state index contributed by atoms with van der Waals surface area (Å²) < 4.78 is 14.7. The van der Waals surface area contributed by atoms with Gasteiger partial charge in [0, 0.05) is 30.9 Å². The number of rotatable bonds is 6. The van der Waals surface area contributed by atoms with Gasteiger partial charge < -0.3 is 13.8 Å². The summed E-state index contributed by atoms with van der Waals surface area (Å²) in [6.45, 7) is 1.47. The predicted octanol–water partition coefficient (Wildman–Crippen LogP) is 3.67. The topological polar surface area (TPSA) is 62.2 Å². The van der Waals surface area contributed by atoms with Gasteiger partial charge in [-0.3, -0.25) is 4.79 Å². The molecule has 0 bridgehead atoms. The minimum absolute atomic E-state index is 0.0682. The summed E-state index contributed by atoms with van der Waals surface area (Å²) in [4.78, 5) is 16.4. The Bertz CT molecular complexity index is 901. The molecule has 2 aromatic heterocycles. The molecule has 0 N–H and O–H groups in total. The first-order valence-corrected chi connectivity index (χ1v) is 9.51. The second-order valence-corrected chi connectivity index (χ2v) is 7.34. The van der Waals surface area contributed by atoms with Crippen molar-refractivity contribution >= 4 is 0 Å².